The van der Waals surface area contributed by atoms with Crippen molar-refractivity contribution in [1.82, 2.24) is 15.5 Å². The van der Waals surface area contributed by atoms with Gasteiger partial charge in [-0.3, -0.25) is 4.79 Å². The highest BCUT2D eigenvalue weighted by molar-refractivity contribution is 5.94. The van der Waals surface area contributed by atoms with E-state index in [-0.39, 0.29) is 12.5 Å². The van der Waals surface area contributed by atoms with Crippen LogP contribution in [0.3, 0.4) is 0 Å². The quantitative estimate of drug-likeness (QED) is 0.792. The lowest BCUT2D eigenvalue weighted by Crippen LogP contribution is -2.24. The van der Waals surface area contributed by atoms with Gasteiger partial charge in [-0.25, -0.2) is 0 Å². The fraction of sp³-hybridized carbons (Fsp3) is 0.400. The van der Waals surface area contributed by atoms with Gasteiger partial charge >= 0.3 is 0 Å². The van der Waals surface area contributed by atoms with E-state index in [2.05, 4.69) is 22.4 Å². The van der Waals surface area contributed by atoms with E-state index < -0.39 is 0 Å². The maximum atomic E-state index is 11.9. The molecule has 0 aliphatic rings. The van der Waals surface area contributed by atoms with Crippen LogP contribution in [0, 0.1) is 6.92 Å². The Morgan fingerprint density at radius 3 is 3.00 bits per heavy atom. The highest BCUT2D eigenvalue weighted by Gasteiger charge is 2.07. The molecule has 1 amide bonds. The van der Waals surface area contributed by atoms with Gasteiger partial charge in [0.1, 0.15) is 5.75 Å². The van der Waals surface area contributed by atoms with E-state index in [1.54, 1.807) is 31.2 Å². The van der Waals surface area contributed by atoms with Gasteiger partial charge in [0, 0.05) is 19.0 Å². The van der Waals surface area contributed by atoms with Crippen LogP contribution in [0.25, 0.3) is 0 Å². The number of nitrogens with one attached hydrogen (secondary N) is 1. The van der Waals surface area contributed by atoms with Gasteiger partial charge in [0.15, 0.2) is 6.61 Å². The molecule has 1 aromatic heterocycles. The summed E-state index contributed by atoms with van der Waals surface area (Å²) in [7, 11) is 0. The van der Waals surface area contributed by atoms with E-state index >= 15 is 0 Å². The molecule has 0 fully saturated rings. The molecular weight excluding hydrogens is 270 g/mol. The van der Waals surface area contributed by atoms with Crippen molar-refractivity contribution in [1.29, 1.82) is 0 Å². The lowest BCUT2D eigenvalue weighted by molar-refractivity contribution is 0.0952. The van der Waals surface area contributed by atoms with Crippen LogP contribution >= 0.6 is 0 Å². The third-order valence-corrected chi connectivity index (χ3v) is 2.85. The van der Waals surface area contributed by atoms with Gasteiger partial charge in [-0.2, -0.15) is 4.98 Å². The van der Waals surface area contributed by atoms with Crippen molar-refractivity contribution in [3.63, 3.8) is 0 Å². The minimum Gasteiger partial charge on any atom is -0.485 e. The number of hydrogen-bond acceptors (Lipinski definition) is 5. The number of amides is 1. The summed E-state index contributed by atoms with van der Waals surface area (Å²) in [5.74, 6) is 1.48. The van der Waals surface area contributed by atoms with Crippen molar-refractivity contribution >= 4 is 5.91 Å². The van der Waals surface area contributed by atoms with Gasteiger partial charge < -0.3 is 14.6 Å². The molecule has 0 atom stereocenters. The fourth-order valence-electron chi connectivity index (χ4n) is 1.76. The van der Waals surface area contributed by atoms with E-state index in [0.717, 1.165) is 12.8 Å². The predicted octanol–water partition coefficient (Wildman–Crippen LogP) is 2.49. The average molecular weight is 289 g/mol. The molecule has 1 N–H and O–H groups in total. The Morgan fingerprint density at radius 2 is 2.29 bits per heavy atom. The van der Waals surface area contributed by atoms with Crippen molar-refractivity contribution in [2.75, 3.05) is 6.54 Å². The molecule has 2 aromatic rings. The molecule has 0 aliphatic carbocycles. The topological polar surface area (TPSA) is 77.2 Å². The predicted molar refractivity (Wildman–Crippen MR) is 77.1 cm³/mol. The highest BCUT2D eigenvalue weighted by atomic mass is 16.5. The molecule has 0 saturated heterocycles. The fourth-order valence-corrected chi connectivity index (χ4v) is 1.76. The molecule has 0 aliphatic heterocycles. The minimum absolute atomic E-state index is 0.0932. The first-order valence-electron chi connectivity index (χ1n) is 6.99. The Balaban J connectivity index is 1.92. The van der Waals surface area contributed by atoms with Crippen LogP contribution in [0.1, 0.15) is 41.8 Å². The molecule has 0 bridgehead atoms. The molecule has 21 heavy (non-hydrogen) atoms. The molecule has 0 unspecified atom stereocenters. The minimum atomic E-state index is -0.0932. The zero-order chi connectivity index (χ0) is 15.1. The summed E-state index contributed by atoms with van der Waals surface area (Å²) < 4.78 is 10.4. The van der Waals surface area contributed by atoms with Crippen molar-refractivity contribution in [2.45, 2.75) is 33.3 Å². The van der Waals surface area contributed by atoms with Crippen LogP contribution in [0.5, 0.6) is 5.75 Å². The normalized spacial score (nSPS) is 10.4. The Kier molecular flexibility index (Phi) is 5.31. The van der Waals surface area contributed by atoms with Gasteiger partial charge in [-0.1, -0.05) is 24.6 Å². The van der Waals surface area contributed by atoms with E-state index in [1.807, 2.05) is 0 Å². The monoisotopic (exact) mass is 289 g/mol. The molecule has 6 nitrogen and oxygen atoms in total. The third kappa shape index (κ3) is 4.59. The van der Waals surface area contributed by atoms with Crippen molar-refractivity contribution in [2.24, 2.45) is 0 Å². The SMILES string of the molecule is CCCCNC(=O)c1cccc(OCc2noc(C)n2)c1. The molecule has 0 radical (unpaired) electrons. The summed E-state index contributed by atoms with van der Waals surface area (Å²) in [5.41, 5.74) is 0.577. The maximum absolute atomic E-state index is 11.9. The zero-order valence-corrected chi connectivity index (χ0v) is 12.3. The lowest BCUT2D eigenvalue weighted by atomic mass is 10.2. The van der Waals surface area contributed by atoms with E-state index in [0.29, 0.717) is 29.6 Å². The van der Waals surface area contributed by atoms with E-state index in [9.17, 15) is 4.79 Å². The molecule has 112 valence electrons. The molecule has 2 rings (SSSR count). The van der Waals surface area contributed by atoms with Gasteiger partial charge in [-0.05, 0) is 24.6 Å². The summed E-state index contributed by atoms with van der Waals surface area (Å²) >= 11 is 0. The number of nitrogens with zero attached hydrogens (tertiary/aromatic N) is 2. The summed E-state index contributed by atoms with van der Waals surface area (Å²) in [4.78, 5) is 16.0. The summed E-state index contributed by atoms with van der Waals surface area (Å²) in [6.07, 6.45) is 2.02. The van der Waals surface area contributed by atoms with Gasteiger partial charge in [0.2, 0.25) is 11.7 Å². The van der Waals surface area contributed by atoms with Crippen LogP contribution < -0.4 is 10.1 Å². The lowest BCUT2D eigenvalue weighted by Gasteiger charge is -2.07. The highest BCUT2D eigenvalue weighted by Crippen LogP contribution is 2.14. The molecule has 6 heteroatoms. The Labute approximate surface area is 123 Å². The summed E-state index contributed by atoms with van der Waals surface area (Å²) in [5, 5.41) is 6.62. The van der Waals surface area contributed by atoms with Gasteiger partial charge in [-0.15, -0.1) is 0 Å². The Hall–Kier alpha value is -2.37. The first kappa shape index (κ1) is 15.0. The van der Waals surface area contributed by atoms with Crippen LogP contribution in [0.2, 0.25) is 0 Å². The first-order chi connectivity index (χ1) is 10.2. The number of ether oxygens (including phenoxy) is 1. The van der Waals surface area contributed by atoms with Crippen LogP contribution in [0.4, 0.5) is 0 Å². The van der Waals surface area contributed by atoms with Gasteiger partial charge in [0.05, 0.1) is 0 Å². The number of rotatable bonds is 7. The van der Waals surface area contributed by atoms with Crippen molar-refractivity contribution < 1.29 is 14.1 Å². The molecule has 0 saturated carbocycles. The number of aromatic nitrogens is 2. The molecular formula is C15H19N3O3. The molecule has 1 heterocycles. The average Bonchev–Trinajstić information content (AvgIpc) is 2.91. The number of hydrogen-bond donors (Lipinski definition) is 1. The van der Waals surface area contributed by atoms with Crippen LogP contribution in [-0.4, -0.2) is 22.6 Å². The second kappa shape index (κ2) is 7.42. The Morgan fingerprint density at radius 1 is 1.43 bits per heavy atom. The van der Waals surface area contributed by atoms with E-state index in [4.69, 9.17) is 9.26 Å². The zero-order valence-electron chi connectivity index (χ0n) is 12.3. The van der Waals surface area contributed by atoms with Crippen LogP contribution in [0.15, 0.2) is 28.8 Å². The van der Waals surface area contributed by atoms with Gasteiger partial charge in [0.25, 0.3) is 5.91 Å². The third-order valence-electron chi connectivity index (χ3n) is 2.85. The maximum Gasteiger partial charge on any atom is 0.251 e. The summed E-state index contributed by atoms with van der Waals surface area (Å²) in [6, 6.07) is 7.03. The number of carbonyl (C=O) groups is 1. The molecule has 0 spiro atoms. The molecule has 1 aromatic carbocycles. The van der Waals surface area contributed by atoms with Crippen molar-refractivity contribution in [3.05, 3.63) is 41.5 Å². The van der Waals surface area contributed by atoms with E-state index in [1.165, 1.54) is 0 Å². The summed E-state index contributed by atoms with van der Waals surface area (Å²) in [6.45, 7) is 4.69. The Bertz CT molecular complexity index is 595. The number of aryl methyl sites for hydroxylation is 1. The first-order valence-corrected chi connectivity index (χ1v) is 6.99. The van der Waals surface area contributed by atoms with Crippen LogP contribution in [-0.2, 0) is 6.61 Å². The number of carbonyl (C=O) groups excluding carboxylic acids is 1. The number of benzene rings is 1. The second-order valence-electron chi connectivity index (χ2n) is 4.66. The standard InChI is InChI=1S/C15H19N3O3/c1-3-4-8-16-15(19)12-6-5-7-13(9-12)20-10-14-17-11(2)21-18-14/h5-7,9H,3-4,8,10H2,1-2H3,(H,16,19). The largest absolute Gasteiger partial charge is 0.485 e. The smallest absolute Gasteiger partial charge is 0.251 e. The van der Waals surface area contributed by atoms with Crippen molar-refractivity contribution in [3.8, 4) is 5.75 Å². The number of unbranched alkanes of at least 4 members (excludes halogenated alkanes) is 1. The second-order valence-corrected chi connectivity index (χ2v) is 4.66.